The van der Waals surface area contributed by atoms with E-state index in [0.717, 1.165) is 49.5 Å². The van der Waals surface area contributed by atoms with E-state index in [1.54, 1.807) is 0 Å². The molecule has 0 saturated carbocycles. The highest BCUT2D eigenvalue weighted by molar-refractivity contribution is 5.90. The van der Waals surface area contributed by atoms with Crippen LogP contribution in [0.3, 0.4) is 0 Å². The zero-order valence-corrected chi connectivity index (χ0v) is 15.6. The Labute approximate surface area is 159 Å². The molecule has 2 amide bonds. The minimum absolute atomic E-state index is 0.0173. The monoisotopic (exact) mass is 360 g/mol. The van der Waals surface area contributed by atoms with Crippen LogP contribution in [0.2, 0.25) is 0 Å². The zero-order valence-electron chi connectivity index (χ0n) is 15.6. The standard InChI is InChI=1S/C22H24N4O/c1-17-6-2-4-8-20(17)24-22(27)26-12-10-25(11-13-26)16-18-14-19-7-3-5-9-21(19)23-15-18/h2-9,14-15H,10-13,16H2,1H3,(H,24,27). The summed E-state index contributed by atoms with van der Waals surface area (Å²) in [5, 5.41) is 4.20. The van der Waals surface area contributed by atoms with Gasteiger partial charge in [0.05, 0.1) is 5.52 Å². The van der Waals surface area contributed by atoms with Gasteiger partial charge < -0.3 is 10.2 Å². The lowest BCUT2D eigenvalue weighted by Gasteiger charge is -2.34. The maximum absolute atomic E-state index is 12.5. The zero-order chi connectivity index (χ0) is 18.6. The maximum Gasteiger partial charge on any atom is 0.321 e. The van der Waals surface area contributed by atoms with E-state index in [0.29, 0.717) is 0 Å². The summed E-state index contributed by atoms with van der Waals surface area (Å²) in [5.74, 6) is 0. The Hall–Kier alpha value is -2.92. The average molecular weight is 360 g/mol. The number of urea groups is 1. The van der Waals surface area contributed by atoms with Crippen LogP contribution in [0.25, 0.3) is 10.9 Å². The van der Waals surface area contributed by atoms with Gasteiger partial charge in [-0.05, 0) is 36.2 Å². The second-order valence-electron chi connectivity index (χ2n) is 7.04. The van der Waals surface area contributed by atoms with Crippen LogP contribution in [0.5, 0.6) is 0 Å². The van der Waals surface area contributed by atoms with Crippen LogP contribution < -0.4 is 5.32 Å². The first-order valence-electron chi connectivity index (χ1n) is 9.36. The number of hydrogen-bond acceptors (Lipinski definition) is 3. The number of fused-ring (bicyclic) bond motifs is 1. The molecule has 0 spiro atoms. The van der Waals surface area contributed by atoms with Crippen LogP contribution in [-0.2, 0) is 6.54 Å². The Balaban J connectivity index is 1.33. The summed E-state index contributed by atoms with van der Waals surface area (Å²) in [5.41, 5.74) is 4.20. The van der Waals surface area contributed by atoms with Gasteiger partial charge in [-0.3, -0.25) is 9.88 Å². The van der Waals surface area contributed by atoms with Crippen molar-refractivity contribution in [3.63, 3.8) is 0 Å². The summed E-state index contributed by atoms with van der Waals surface area (Å²) in [4.78, 5) is 21.3. The highest BCUT2D eigenvalue weighted by Gasteiger charge is 2.21. The van der Waals surface area contributed by atoms with E-state index in [1.807, 2.05) is 60.5 Å². The third-order valence-electron chi connectivity index (χ3n) is 5.10. The Bertz CT molecular complexity index is 948. The molecule has 1 aliphatic heterocycles. The van der Waals surface area contributed by atoms with Crippen LogP contribution >= 0.6 is 0 Å². The first kappa shape index (κ1) is 17.5. The number of carbonyl (C=O) groups is 1. The van der Waals surface area contributed by atoms with Gasteiger partial charge >= 0.3 is 6.03 Å². The van der Waals surface area contributed by atoms with Gasteiger partial charge in [-0.2, -0.15) is 0 Å². The Morgan fingerprint density at radius 2 is 1.78 bits per heavy atom. The lowest BCUT2D eigenvalue weighted by atomic mass is 10.1. The van der Waals surface area contributed by atoms with Crippen LogP contribution in [-0.4, -0.2) is 47.0 Å². The molecule has 0 radical (unpaired) electrons. The van der Waals surface area contributed by atoms with Crippen molar-refractivity contribution >= 4 is 22.6 Å². The van der Waals surface area contributed by atoms with Crippen molar-refractivity contribution in [3.05, 3.63) is 71.9 Å². The van der Waals surface area contributed by atoms with Gasteiger partial charge in [0.2, 0.25) is 0 Å². The molecular formula is C22H24N4O. The van der Waals surface area contributed by atoms with Crippen molar-refractivity contribution in [2.45, 2.75) is 13.5 Å². The number of benzene rings is 2. The summed E-state index contributed by atoms with van der Waals surface area (Å²) in [6.45, 7) is 6.08. The van der Waals surface area contributed by atoms with Gasteiger partial charge in [0.25, 0.3) is 0 Å². The third-order valence-corrected chi connectivity index (χ3v) is 5.10. The van der Waals surface area contributed by atoms with E-state index in [4.69, 9.17) is 0 Å². The van der Waals surface area contributed by atoms with E-state index < -0.39 is 0 Å². The fourth-order valence-electron chi connectivity index (χ4n) is 3.48. The van der Waals surface area contributed by atoms with Gasteiger partial charge in [-0.25, -0.2) is 4.79 Å². The van der Waals surface area contributed by atoms with Crippen molar-refractivity contribution in [3.8, 4) is 0 Å². The molecule has 1 N–H and O–H groups in total. The number of anilines is 1. The van der Waals surface area contributed by atoms with Crippen LogP contribution in [0.1, 0.15) is 11.1 Å². The van der Waals surface area contributed by atoms with Crippen molar-refractivity contribution in [1.82, 2.24) is 14.8 Å². The lowest BCUT2D eigenvalue weighted by molar-refractivity contribution is 0.143. The molecule has 138 valence electrons. The number of hydrogen-bond donors (Lipinski definition) is 1. The molecule has 5 heteroatoms. The lowest BCUT2D eigenvalue weighted by Crippen LogP contribution is -2.49. The average Bonchev–Trinajstić information content (AvgIpc) is 2.70. The number of nitrogens with zero attached hydrogens (tertiary/aromatic N) is 3. The molecule has 0 aliphatic carbocycles. The van der Waals surface area contributed by atoms with Crippen LogP contribution in [0.4, 0.5) is 10.5 Å². The maximum atomic E-state index is 12.5. The fraction of sp³-hybridized carbons (Fsp3) is 0.273. The molecule has 1 saturated heterocycles. The number of nitrogens with one attached hydrogen (secondary N) is 1. The van der Waals surface area contributed by atoms with Crippen molar-refractivity contribution in [2.24, 2.45) is 0 Å². The molecule has 0 unspecified atom stereocenters. The highest BCUT2D eigenvalue weighted by Crippen LogP contribution is 2.17. The normalized spacial score (nSPS) is 15.1. The number of aromatic nitrogens is 1. The molecule has 3 aromatic rings. The molecule has 27 heavy (non-hydrogen) atoms. The van der Waals surface area contributed by atoms with Gasteiger partial charge in [0.15, 0.2) is 0 Å². The first-order valence-corrected chi connectivity index (χ1v) is 9.36. The molecule has 2 heterocycles. The summed E-state index contributed by atoms with van der Waals surface area (Å²) in [6, 6.07) is 18.2. The van der Waals surface area contributed by atoms with E-state index in [-0.39, 0.29) is 6.03 Å². The number of pyridine rings is 1. The highest BCUT2D eigenvalue weighted by atomic mass is 16.2. The van der Waals surface area contributed by atoms with Gasteiger partial charge in [-0.15, -0.1) is 0 Å². The molecule has 0 bridgehead atoms. The molecule has 1 aliphatic rings. The number of para-hydroxylation sites is 2. The van der Waals surface area contributed by atoms with E-state index in [2.05, 4.69) is 27.3 Å². The Kier molecular flexibility index (Phi) is 5.03. The van der Waals surface area contributed by atoms with Gasteiger partial charge in [0, 0.05) is 50.0 Å². The molecule has 4 rings (SSSR count). The Morgan fingerprint density at radius 3 is 2.59 bits per heavy atom. The number of piperazine rings is 1. The van der Waals surface area contributed by atoms with E-state index in [9.17, 15) is 4.79 Å². The summed E-state index contributed by atoms with van der Waals surface area (Å²) < 4.78 is 0. The van der Waals surface area contributed by atoms with Crippen molar-refractivity contribution in [2.75, 3.05) is 31.5 Å². The molecule has 1 fully saturated rings. The molecule has 5 nitrogen and oxygen atoms in total. The second-order valence-corrected chi connectivity index (χ2v) is 7.04. The van der Waals surface area contributed by atoms with Gasteiger partial charge in [-0.1, -0.05) is 36.4 Å². The largest absolute Gasteiger partial charge is 0.322 e. The summed E-state index contributed by atoms with van der Waals surface area (Å²) in [7, 11) is 0. The number of rotatable bonds is 3. The van der Waals surface area contributed by atoms with Crippen molar-refractivity contribution < 1.29 is 4.79 Å². The predicted molar refractivity (Wildman–Crippen MR) is 109 cm³/mol. The Morgan fingerprint density at radius 1 is 1.04 bits per heavy atom. The number of carbonyl (C=O) groups excluding carboxylic acids is 1. The fourth-order valence-corrected chi connectivity index (χ4v) is 3.48. The number of amides is 2. The topological polar surface area (TPSA) is 48.5 Å². The molecule has 2 aromatic carbocycles. The predicted octanol–water partition coefficient (Wildman–Crippen LogP) is 3.89. The van der Waals surface area contributed by atoms with Crippen molar-refractivity contribution in [1.29, 1.82) is 0 Å². The first-order chi connectivity index (χ1) is 13.2. The van der Waals surface area contributed by atoms with Crippen LogP contribution in [0.15, 0.2) is 60.8 Å². The molecule has 1 aromatic heterocycles. The number of aryl methyl sites for hydroxylation is 1. The minimum atomic E-state index is -0.0173. The molecular weight excluding hydrogens is 336 g/mol. The SMILES string of the molecule is Cc1ccccc1NC(=O)N1CCN(Cc2cnc3ccccc3c2)CC1. The second kappa shape index (κ2) is 7.76. The third kappa shape index (κ3) is 4.09. The summed E-state index contributed by atoms with van der Waals surface area (Å²) >= 11 is 0. The van der Waals surface area contributed by atoms with Gasteiger partial charge in [0.1, 0.15) is 0 Å². The smallest absolute Gasteiger partial charge is 0.321 e. The van der Waals surface area contributed by atoms with E-state index >= 15 is 0 Å². The minimum Gasteiger partial charge on any atom is -0.322 e. The summed E-state index contributed by atoms with van der Waals surface area (Å²) in [6.07, 6.45) is 1.96. The quantitative estimate of drug-likeness (QED) is 0.771. The van der Waals surface area contributed by atoms with E-state index in [1.165, 1.54) is 10.9 Å². The van der Waals surface area contributed by atoms with Crippen LogP contribution in [0, 0.1) is 6.92 Å². The molecule has 0 atom stereocenters.